The molecular formula is C11H18O3. The van der Waals surface area contributed by atoms with Crippen LogP contribution in [0.1, 0.15) is 32.1 Å². The van der Waals surface area contributed by atoms with Gasteiger partial charge in [-0.3, -0.25) is 0 Å². The number of carboxylic acids is 1. The Bertz CT molecular complexity index is 197. The van der Waals surface area contributed by atoms with Gasteiger partial charge in [0, 0.05) is 5.57 Å². The largest absolute Gasteiger partial charge is 0.502 e. The van der Waals surface area contributed by atoms with Crippen LogP contribution < -0.4 is 0 Å². The molecular weight excluding hydrogens is 180 g/mol. The zero-order chi connectivity index (χ0) is 10.8. The number of hydrogen-bond donors (Lipinski definition) is 1. The topological polar surface area (TPSA) is 46.5 Å². The standard InChI is InChI=1S/C11H18O3/c1-3-14-9-7-5-4-6-8-10(2)11(12)13/h3H,1-2,4-9H2,(H,12,13). The Kier molecular flexibility index (Phi) is 7.61. The Balaban J connectivity index is 3.17. The summed E-state index contributed by atoms with van der Waals surface area (Å²) in [6.45, 7) is 7.60. The minimum atomic E-state index is -0.889. The van der Waals surface area contributed by atoms with E-state index in [9.17, 15) is 4.79 Å². The zero-order valence-corrected chi connectivity index (χ0v) is 8.50. The highest BCUT2D eigenvalue weighted by Gasteiger charge is 2.02. The van der Waals surface area contributed by atoms with Gasteiger partial charge in [0.2, 0.25) is 0 Å². The lowest BCUT2D eigenvalue weighted by Gasteiger charge is -2.01. The molecule has 0 fully saturated rings. The number of carboxylic acid groups (broad SMARTS) is 1. The highest BCUT2D eigenvalue weighted by atomic mass is 16.5. The van der Waals surface area contributed by atoms with Gasteiger partial charge in [-0.1, -0.05) is 26.0 Å². The summed E-state index contributed by atoms with van der Waals surface area (Å²) in [5, 5.41) is 8.52. The van der Waals surface area contributed by atoms with Crippen molar-refractivity contribution in [2.45, 2.75) is 32.1 Å². The summed E-state index contributed by atoms with van der Waals surface area (Å²) >= 11 is 0. The second kappa shape index (κ2) is 8.35. The first-order chi connectivity index (χ1) is 6.68. The third-order valence-electron chi connectivity index (χ3n) is 1.91. The van der Waals surface area contributed by atoms with Gasteiger partial charge in [-0.2, -0.15) is 0 Å². The third-order valence-corrected chi connectivity index (χ3v) is 1.91. The molecule has 1 N–H and O–H groups in total. The Morgan fingerprint density at radius 1 is 1.29 bits per heavy atom. The smallest absolute Gasteiger partial charge is 0.330 e. The summed E-state index contributed by atoms with van der Waals surface area (Å²) in [7, 11) is 0. The molecule has 0 atom stereocenters. The summed E-state index contributed by atoms with van der Waals surface area (Å²) in [4.78, 5) is 10.4. The molecule has 0 aromatic carbocycles. The van der Waals surface area contributed by atoms with Gasteiger partial charge in [0.15, 0.2) is 0 Å². The Hall–Kier alpha value is -1.25. The van der Waals surface area contributed by atoms with Crippen LogP contribution in [0.2, 0.25) is 0 Å². The third kappa shape index (κ3) is 7.40. The number of hydrogen-bond acceptors (Lipinski definition) is 2. The van der Waals surface area contributed by atoms with Crippen molar-refractivity contribution in [3.63, 3.8) is 0 Å². The molecule has 0 aliphatic heterocycles. The van der Waals surface area contributed by atoms with E-state index in [0.29, 0.717) is 18.6 Å². The van der Waals surface area contributed by atoms with E-state index in [2.05, 4.69) is 13.2 Å². The molecule has 0 saturated heterocycles. The molecule has 0 aromatic rings. The predicted octanol–water partition coefficient (Wildman–Crippen LogP) is 2.74. The maximum atomic E-state index is 10.4. The maximum absolute atomic E-state index is 10.4. The molecule has 0 rings (SSSR count). The molecule has 0 amide bonds. The molecule has 0 aliphatic rings. The minimum absolute atomic E-state index is 0.298. The Morgan fingerprint density at radius 2 is 1.93 bits per heavy atom. The molecule has 80 valence electrons. The fourth-order valence-corrected chi connectivity index (χ4v) is 1.07. The molecule has 0 heterocycles. The lowest BCUT2D eigenvalue weighted by atomic mass is 10.1. The molecule has 0 aliphatic carbocycles. The van der Waals surface area contributed by atoms with E-state index in [1.54, 1.807) is 0 Å². The van der Waals surface area contributed by atoms with Crippen LogP contribution in [0.5, 0.6) is 0 Å². The Morgan fingerprint density at radius 3 is 2.50 bits per heavy atom. The fourth-order valence-electron chi connectivity index (χ4n) is 1.07. The Labute approximate surface area is 85.1 Å². The van der Waals surface area contributed by atoms with E-state index in [1.807, 2.05) is 0 Å². The van der Waals surface area contributed by atoms with Gasteiger partial charge in [0.1, 0.15) is 0 Å². The maximum Gasteiger partial charge on any atom is 0.330 e. The SMILES string of the molecule is C=COCCCCCCC(=C)C(=O)O. The summed E-state index contributed by atoms with van der Waals surface area (Å²) in [6, 6.07) is 0. The van der Waals surface area contributed by atoms with Crippen LogP contribution in [-0.4, -0.2) is 17.7 Å². The summed E-state index contributed by atoms with van der Waals surface area (Å²) < 4.78 is 4.95. The van der Waals surface area contributed by atoms with Crippen LogP contribution in [0.3, 0.4) is 0 Å². The van der Waals surface area contributed by atoms with Gasteiger partial charge in [0.25, 0.3) is 0 Å². The average Bonchev–Trinajstić information content (AvgIpc) is 2.16. The van der Waals surface area contributed by atoms with Crippen molar-refractivity contribution in [2.75, 3.05) is 6.61 Å². The number of ether oxygens (including phenoxy) is 1. The predicted molar refractivity (Wildman–Crippen MR) is 56.0 cm³/mol. The lowest BCUT2D eigenvalue weighted by Crippen LogP contribution is -1.98. The molecule has 14 heavy (non-hydrogen) atoms. The molecule has 0 aromatic heterocycles. The van der Waals surface area contributed by atoms with Gasteiger partial charge in [0.05, 0.1) is 12.9 Å². The van der Waals surface area contributed by atoms with Crippen molar-refractivity contribution in [1.82, 2.24) is 0 Å². The van der Waals surface area contributed by atoms with E-state index < -0.39 is 5.97 Å². The van der Waals surface area contributed by atoms with Gasteiger partial charge < -0.3 is 9.84 Å². The van der Waals surface area contributed by atoms with Crippen molar-refractivity contribution in [2.24, 2.45) is 0 Å². The first-order valence-corrected chi connectivity index (χ1v) is 4.82. The normalized spacial score (nSPS) is 9.43. The molecule has 0 saturated carbocycles. The van der Waals surface area contributed by atoms with Gasteiger partial charge in [-0.25, -0.2) is 4.79 Å². The second-order valence-electron chi connectivity index (χ2n) is 3.11. The van der Waals surface area contributed by atoms with Crippen LogP contribution in [0.25, 0.3) is 0 Å². The molecule has 0 unspecified atom stereocenters. The minimum Gasteiger partial charge on any atom is -0.502 e. The van der Waals surface area contributed by atoms with E-state index in [4.69, 9.17) is 9.84 Å². The van der Waals surface area contributed by atoms with Gasteiger partial charge in [-0.05, 0) is 19.3 Å². The van der Waals surface area contributed by atoms with E-state index >= 15 is 0 Å². The van der Waals surface area contributed by atoms with Gasteiger partial charge in [-0.15, -0.1) is 0 Å². The van der Waals surface area contributed by atoms with Crippen LogP contribution in [-0.2, 0) is 9.53 Å². The molecule has 0 radical (unpaired) electrons. The van der Waals surface area contributed by atoms with Crippen LogP contribution >= 0.6 is 0 Å². The summed E-state index contributed by atoms with van der Waals surface area (Å²) in [5.74, 6) is -0.889. The second-order valence-corrected chi connectivity index (χ2v) is 3.11. The number of rotatable bonds is 9. The summed E-state index contributed by atoms with van der Waals surface area (Å²) in [6.07, 6.45) is 5.97. The number of carbonyl (C=O) groups is 1. The van der Waals surface area contributed by atoms with E-state index in [-0.39, 0.29) is 0 Å². The number of aliphatic carboxylic acids is 1. The van der Waals surface area contributed by atoms with Crippen molar-refractivity contribution in [3.05, 3.63) is 25.0 Å². The zero-order valence-electron chi connectivity index (χ0n) is 8.50. The van der Waals surface area contributed by atoms with Gasteiger partial charge >= 0.3 is 5.97 Å². The average molecular weight is 198 g/mol. The first kappa shape index (κ1) is 12.8. The van der Waals surface area contributed by atoms with Crippen LogP contribution in [0, 0.1) is 0 Å². The highest BCUT2D eigenvalue weighted by molar-refractivity contribution is 5.85. The first-order valence-electron chi connectivity index (χ1n) is 4.82. The molecule has 0 spiro atoms. The lowest BCUT2D eigenvalue weighted by molar-refractivity contribution is -0.132. The molecule has 3 heteroatoms. The van der Waals surface area contributed by atoms with Crippen molar-refractivity contribution < 1.29 is 14.6 Å². The van der Waals surface area contributed by atoms with Crippen molar-refractivity contribution in [3.8, 4) is 0 Å². The fraction of sp³-hybridized carbons (Fsp3) is 0.545. The monoisotopic (exact) mass is 198 g/mol. The molecule has 0 bridgehead atoms. The van der Waals surface area contributed by atoms with E-state index in [1.165, 1.54) is 6.26 Å². The highest BCUT2D eigenvalue weighted by Crippen LogP contribution is 2.08. The van der Waals surface area contributed by atoms with Crippen LogP contribution in [0.4, 0.5) is 0 Å². The van der Waals surface area contributed by atoms with Crippen LogP contribution in [0.15, 0.2) is 25.0 Å². The van der Waals surface area contributed by atoms with Crippen molar-refractivity contribution in [1.29, 1.82) is 0 Å². The quantitative estimate of drug-likeness (QED) is 0.352. The summed E-state index contributed by atoms with van der Waals surface area (Å²) in [5.41, 5.74) is 0.298. The van der Waals surface area contributed by atoms with E-state index in [0.717, 1.165) is 25.7 Å². The molecule has 3 nitrogen and oxygen atoms in total. The van der Waals surface area contributed by atoms with Crippen molar-refractivity contribution >= 4 is 5.97 Å². The number of unbranched alkanes of at least 4 members (excludes halogenated alkanes) is 3.